The topological polar surface area (TPSA) is 68.3 Å². The number of hydrogen-bond acceptors (Lipinski definition) is 5. The number of hydrogen-bond donors (Lipinski definition) is 1. The Balaban J connectivity index is 1.40. The Bertz CT molecular complexity index is 1280. The summed E-state index contributed by atoms with van der Waals surface area (Å²) in [5.41, 5.74) is 3.90. The zero-order valence-electron chi connectivity index (χ0n) is 19.4. The Morgan fingerprint density at radius 1 is 0.882 bits per heavy atom. The van der Waals surface area contributed by atoms with Crippen LogP contribution in [0.3, 0.4) is 0 Å². The lowest BCUT2D eigenvalue weighted by molar-refractivity contribution is -0.150. The summed E-state index contributed by atoms with van der Waals surface area (Å²) in [6, 6.07) is 25.4. The summed E-state index contributed by atoms with van der Waals surface area (Å²) in [4.78, 5) is 30.1. The number of benzene rings is 3. The molecular weight excluding hydrogens is 444 g/mol. The summed E-state index contributed by atoms with van der Waals surface area (Å²) in [5.74, 6) is -0.418. The van der Waals surface area contributed by atoms with Gasteiger partial charge in [-0.1, -0.05) is 54.6 Å². The molecule has 1 amide bonds. The molecule has 4 rings (SSSR count). The number of esters is 1. The number of amides is 1. The Morgan fingerprint density at radius 3 is 2.15 bits per heavy atom. The fraction of sp³-hybridized carbons (Fsp3) is 0.179. The number of anilines is 1. The van der Waals surface area contributed by atoms with Gasteiger partial charge in [0, 0.05) is 23.9 Å². The van der Waals surface area contributed by atoms with Gasteiger partial charge < -0.3 is 10.1 Å². The van der Waals surface area contributed by atoms with Gasteiger partial charge in [-0.05, 0) is 54.8 Å². The van der Waals surface area contributed by atoms with E-state index in [1.54, 1.807) is 18.3 Å². The highest BCUT2D eigenvalue weighted by Gasteiger charge is 2.30. The van der Waals surface area contributed by atoms with Crippen molar-refractivity contribution in [2.75, 3.05) is 12.4 Å². The third kappa shape index (κ3) is 5.41. The van der Waals surface area contributed by atoms with Crippen LogP contribution in [0.25, 0.3) is 21.6 Å². The predicted molar refractivity (Wildman–Crippen MR) is 137 cm³/mol. The maximum Gasteiger partial charge on any atom is 0.311 e. The molecule has 0 radical (unpaired) electrons. The minimum Gasteiger partial charge on any atom is -0.469 e. The molecule has 0 saturated heterocycles. The molecule has 0 spiro atoms. The summed E-state index contributed by atoms with van der Waals surface area (Å²) in [6.45, 7) is 3.70. The van der Waals surface area contributed by atoms with Crippen LogP contribution in [0.1, 0.15) is 29.2 Å². The van der Waals surface area contributed by atoms with E-state index >= 15 is 0 Å². The fourth-order valence-corrected chi connectivity index (χ4v) is 4.77. The van der Waals surface area contributed by atoms with E-state index in [4.69, 9.17) is 4.74 Å². The van der Waals surface area contributed by atoms with E-state index in [0.717, 1.165) is 32.3 Å². The van der Waals surface area contributed by atoms with Crippen molar-refractivity contribution in [1.82, 2.24) is 4.98 Å². The molecule has 0 atom stereocenters. The molecule has 0 aliphatic heterocycles. The highest BCUT2D eigenvalue weighted by atomic mass is 32.1. The molecule has 0 saturated carbocycles. The molecule has 0 fully saturated rings. The first kappa shape index (κ1) is 23.4. The van der Waals surface area contributed by atoms with Crippen LogP contribution in [-0.2, 0) is 16.0 Å². The van der Waals surface area contributed by atoms with Crippen LogP contribution in [0.2, 0.25) is 0 Å². The number of nitrogens with zero attached hydrogens (tertiary/aromatic N) is 1. The first-order valence-corrected chi connectivity index (χ1v) is 11.8. The van der Waals surface area contributed by atoms with Crippen LogP contribution < -0.4 is 5.32 Å². The highest BCUT2D eigenvalue weighted by Crippen LogP contribution is 2.31. The Kier molecular flexibility index (Phi) is 6.89. The van der Waals surface area contributed by atoms with E-state index < -0.39 is 5.41 Å². The zero-order valence-corrected chi connectivity index (χ0v) is 20.2. The smallest absolute Gasteiger partial charge is 0.311 e. The number of thiazole rings is 1. The lowest BCUT2D eigenvalue weighted by Gasteiger charge is -2.19. The Labute approximate surface area is 203 Å². The maximum absolute atomic E-state index is 12.7. The van der Waals surface area contributed by atoms with Crippen LogP contribution in [0.5, 0.6) is 0 Å². The van der Waals surface area contributed by atoms with Gasteiger partial charge >= 0.3 is 5.97 Å². The lowest BCUT2D eigenvalue weighted by Crippen LogP contribution is -2.27. The van der Waals surface area contributed by atoms with Crippen LogP contribution in [0, 0.1) is 5.41 Å². The second-order valence-electron chi connectivity index (χ2n) is 8.65. The van der Waals surface area contributed by atoms with Gasteiger partial charge in [-0.15, -0.1) is 11.3 Å². The molecule has 6 heteroatoms. The quantitative estimate of drug-likeness (QED) is 0.314. The average Bonchev–Trinajstić information content (AvgIpc) is 3.32. The van der Waals surface area contributed by atoms with Crippen molar-refractivity contribution in [2.45, 2.75) is 20.3 Å². The molecule has 0 unspecified atom stereocenters. The number of rotatable bonds is 7. The van der Waals surface area contributed by atoms with Gasteiger partial charge in [0.1, 0.15) is 0 Å². The molecule has 0 aliphatic carbocycles. The van der Waals surface area contributed by atoms with Crippen molar-refractivity contribution in [3.63, 3.8) is 0 Å². The van der Waals surface area contributed by atoms with Gasteiger partial charge in [-0.2, -0.15) is 0 Å². The zero-order chi connectivity index (χ0) is 24.1. The first-order chi connectivity index (χ1) is 16.4. The molecular formula is C28H26N2O3S. The van der Waals surface area contributed by atoms with Crippen molar-refractivity contribution < 1.29 is 14.3 Å². The molecule has 0 aliphatic rings. The van der Waals surface area contributed by atoms with E-state index in [2.05, 4.69) is 22.4 Å². The molecule has 3 aromatic carbocycles. The average molecular weight is 471 g/mol. The monoisotopic (exact) mass is 470 g/mol. The van der Waals surface area contributed by atoms with Crippen molar-refractivity contribution in [3.05, 3.63) is 95.6 Å². The van der Waals surface area contributed by atoms with E-state index in [1.807, 2.05) is 68.4 Å². The summed E-state index contributed by atoms with van der Waals surface area (Å²) in [7, 11) is 1.40. The highest BCUT2D eigenvalue weighted by molar-refractivity contribution is 7.15. The van der Waals surface area contributed by atoms with Crippen molar-refractivity contribution >= 4 is 28.9 Å². The lowest BCUT2D eigenvalue weighted by atomic mass is 9.90. The summed E-state index contributed by atoms with van der Waals surface area (Å²) in [6.07, 6.45) is 2.31. The number of carbonyl (C=O) groups is 2. The van der Waals surface area contributed by atoms with Gasteiger partial charge in [0.05, 0.1) is 22.4 Å². The number of ether oxygens (including phenoxy) is 1. The number of carbonyl (C=O) groups excluding carboxylic acids is 2. The fourth-order valence-electron chi connectivity index (χ4n) is 3.62. The van der Waals surface area contributed by atoms with Crippen LogP contribution in [0.4, 0.5) is 5.69 Å². The molecule has 1 aromatic heterocycles. The molecule has 1 N–H and O–H groups in total. The number of methoxy groups -OCH3 is 1. The predicted octanol–water partition coefficient (Wildman–Crippen LogP) is 6.47. The number of nitrogens with one attached hydrogen (secondary N) is 1. The summed E-state index contributed by atoms with van der Waals surface area (Å²) in [5, 5.41) is 3.82. The van der Waals surface area contributed by atoms with E-state index in [9.17, 15) is 9.59 Å². The Hall–Kier alpha value is -3.77. The van der Waals surface area contributed by atoms with Crippen molar-refractivity contribution in [1.29, 1.82) is 0 Å². The SMILES string of the molecule is COC(=O)C(C)(C)Cc1ncc(-c2ccc(C(=O)Nc3ccc(-c4ccccc4)cc3)cc2)s1. The van der Waals surface area contributed by atoms with Gasteiger partial charge in [-0.3, -0.25) is 9.59 Å². The maximum atomic E-state index is 12.7. The first-order valence-electron chi connectivity index (χ1n) is 11.0. The summed E-state index contributed by atoms with van der Waals surface area (Å²) < 4.78 is 4.88. The van der Waals surface area contributed by atoms with Gasteiger partial charge in [0.15, 0.2) is 0 Å². The minimum atomic E-state index is -0.634. The van der Waals surface area contributed by atoms with E-state index in [1.165, 1.54) is 18.4 Å². The summed E-state index contributed by atoms with van der Waals surface area (Å²) >= 11 is 1.54. The minimum absolute atomic E-state index is 0.163. The van der Waals surface area contributed by atoms with Gasteiger partial charge in [-0.25, -0.2) is 4.98 Å². The third-order valence-corrected chi connectivity index (χ3v) is 6.61. The molecule has 172 valence electrons. The largest absolute Gasteiger partial charge is 0.469 e. The standard InChI is InChI=1S/C28H26N2O3S/c1-28(2,27(32)33-3)17-25-29-18-24(34-25)21-9-11-22(12-10-21)26(31)30-23-15-13-20(14-16-23)19-7-5-4-6-8-19/h4-16,18H,17H2,1-3H3,(H,30,31). The van der Waals surface area contributed by atoms with Crippen LogP contribution in [-0.4, -0.2) is 24.0 Å². The second-order valence-corrected chi connectivity index (χ2v) is 9.76. The van der Waals surface area contributed by atoms with E-state index in [-0.39, 0.29) is 11.9 Å². The third-order valence-electron chi connectivity index (χ3n) is 5.57. The van der Waals surface area contributed by atoms with Crippen molar-refractivity contribution in [2.24, 2.45) is 5.41 Å². The molecule has 4 aromatic rings. The molecule has 5 nitrogen and oxygen atoms in total. The number of aromatic nitrogens is 1. The molecule has 1 heterocycles. The van der Waals surface area contributed by atoms with Crippen LogP contribution >= 0.6 is 11.3 Å². The molecule has 34 heavy (non-hydrogen) atoms. The second kappa shape index (κ2) is 10.0. The van der Waals surface area contributed by atoms with Crippen LogP contribution in [0.15, 0.2) is 85.1 Å². The van der Waals surface area contributed by atoms with E-state index in [0.29, 0.717) is 12.0 Å². The van der Waals surface area contributed by atoms with Gasteiger partial charge in [0.2, 0.25) is 0 Å². The normalized spacial score (nSPS) is 11.1. The van der Waals surface area contributed by atoms with Gasteiger partial charge in [0.25, 0.3) is 5.91 Å². The van der Waals surface area contributed by atoms with Crippen molar-refractivity contribution in [3.8, 4) is 21.6 Å². The Morgan fingerprint density at radius 2 is 1.50 bits per heavy atom. The molecule has 0 bridgehead atoms.